The average molecular weight is 428 g/mol. The number of phenolic OH excluding ortho intramolecular Hbond substituents is 1. The topological polar surface area (TPSA) is 65.4 Å². The number of thioether (sulfide) groups is 2. The fourth-order valence-electron chi connectivity index (χ4n) is 3.18. The molecule has 0 atom stereocenters. The number of likely N-dealkylation sites (N-methyl/N-ethyl adjacent to an activating group) is 1. The number of rotatable bonds is 3. The first-order valence-corrected chi connectivity index (χ1v) is 10.8. The SMILES string of the molecule is CCN1C(=O)C(=C2Sc3ccc(OC)cc3N2C)SC1=Nc1ccc(C)cc1O. The summed E-state index contributed by atoms with van der Waals surface area (Å²) in [5.41, 5.74) is 2.42. The second kappa shape index (κ2) is 7.68. The molecule has 0 unspecified atom stereocenters. The lowest BCUT2D eigenvalue weighted by molar-refractivity contribution is -0.122. The van der Waals surface area contributed by atoms with Gasteiger partial charge in [0.1, 0.15) is 22.1 Å². The molecule has 2 aliphatic rings. The van der Waals surface area contributed by atoms with Crippen molar-refractivity contribution < 1.29 is 14.6 Å². The van der Waals surface area contributed by atoms with Gasteiger partial charge in [-0.25, -0.2) is 4.99 Å². The van der Waals surface area contributed by atoms with Crippen molar-refractivity contribution in [1.29, 1.82) is 0 Å². The van der Waals surface area contributed by atoms with Crippen LogP contribution in [0.25, 0.3) is 0 Å². The summed E-state index contributed by atoms with van der Waals surface area (Å²) in [6.45, 7) is 4.33. The Bertz CT molecular complexity index is 1070. The smallest absolute Gasteiger partial charge is 0.269 e. The Morgan fingerprint density at radius 1 is 1.17 bits per heavy atom. The van der Waals surface area contributed by atoms with Crippen molar-refractivity contribution in [3.63, 3.8) is 0 Å². The average Bonchev–Trinajstić information content (AvgIpc) is 3.20. The van der Waals surface area contributed by atoms with E-state index in [0.29, 0.717) is 22.3 Å². The molecule has 2 heterocycles. The monoisotopic (exact) mass is 427 g/mol. The van der Waals surface area contributed by atoms with Crippen molar-refractivity contribution in [3.05, 3.63) is 51.9 Å². The van der Waals surface area contributed by atoms with E-state index in [4.69, 9.17) is 4.74 Å². The molecule has 8 heteroatoms. The second-order valence-corrected chi connectivity index (χ2v) is 8.68. The summed E-state index contributed by atoms with van der Waals surface area (Å²) in [5, 5.41) is 11.7. The summed E-state index contributed by atoms with van der Waals surface area (Å²) in [6.07, 6.45) is 0. The summed E-state index contributed by atoms with van der Waals surface area (Å²) >= 11 is 2.91. The molecule has 150 valence electrons. The first-order valence-electron chi connectivity index (χ1n) is 9.14. The molecule has 0 aliphatic carbocycles. The number of benzene rings is 2. The van der Waals surface area contributed by atoms with Crippen molar-refractivity contribution in [1.82, 2.24) is 4.90 Å². The molecule has 1 N–H and O–H groups in total. The molecule has 2 aromatic carbocycles. The number of aromatic hydroxyl groups is 1. The first kappa shape index (κ1) is 19.7. The number of carbonyl (C=O) groups is 1. The summed E-state index contributed by atoms with van der Waals surface area (Å²) in [4.78, 5) is 23.1. The van der Waals surface area contributed by atoms with E-state index in [1.165, 1.54) is 11.8 Å². The predicted octanol–water partition coefficient (Wildman–Crippen LogP) is 4.70. The minimum atomic E-state index is -0.0722. The number of aryl methyl sites for hydroxylation is 1. The number of nitrogens with zero attached hydrogens (tertiary/aromatic N) is 3. The molecule has 1 fully saturated rings. The summed E-state index contributed by atoms with van der Waals surface area (Å²) < 4.78 is 5.33. The van der Waals surface area contributed by atoms with Crippen molar-refractivity contribution >= 4 is 46.0 Å². The van der Waals surface area contributed by atoms with Crippen LogP contribution >= 0.6 is 23.5 Å². The van der Waals surface area contributed by atoms with Crippen LogP contribution in [0.3, 0.4) is 0 Å². The lowest BCUT2D eigenvalue weighted by atomic mass is 10.2. The van der Waals surface area contributed by atoms with E-state index >= 15 is 0 Å². The van der Waals surface area contributed by atoms with Crippen LogP contribution < -0.4 is 9.64 Å². The van der Waals surface area contributed by atoms with E-state index in [1.807, 2.05) is 50.1 Å². The molecule has 2 aliphatic heterocycles. The van der Waals surface area contributed by atoms with Gasteiger partial charge in [0.2, 0.25) is 0 Å². The van der Waals surface area contributed by atoms with Gasteiger partial charge in [0.05, 0.1) is 17.8 Å². The van der Waals surface area contributed by atoms with E-state index in [9.17, 15) is 9.90 Å². The Balaban J connectivity index is 1.73. The number of ether oxygens (including phenoxy) is 1. The number of phenols is 1. The molecule has 29 heavy (non-hydrogen) atoms. The Kier molecular flexibility index (Phi) is 5.23. The lowest BCUT2D eigenvalue weighted by Gasteiger charge is -2.15. The third kappa shape index (κ3) is 3.47. The number of carbonyl (C=O) groups excluding carboxylic acids is 1. The Morgan fingerprint density at radius 2 is 1.97 bits per heavy atom. The summed E-state index contributed by atoms with van der Waals surface area (Å²) in [7, 11) is 3.59. The van der Waals surface area contributed by atoms with Crippen LogP contribution in [-0.4, -0.2) is 41.8 Å². The molecule has 0 aromatic heterocycles. The zero-order chi connectivity index (χ0) is 20.7. The molecule has 6 nitrogen and oxygen atoms in total. The molecule has 0 radical (unpaired) electrons. The normalized spacial score (nSPS) is 20.0. The molecule has 4 rings (SSSR count). The maximum atomic E-state index is 13.1. The van der Waals surface area contributed by atoms with Gasteiger partial charge < -0.3 is 14.7 Å². The number of amidine groups is 1. The fraction of sp³-hybridized carbons (Fsp3) is 0.238. The highest BCUT2D eigenvalue weighted by Crippen LogP contribution is 2.51. The number of methoxy groups -OCH3 is 1. The Morgan fingerprint density at radius 3 is 2.66 bits per heavy atom. The van der Waals surface area contributed by atoms with E-state index < -0.39 is 0 Å². The molecule has 0 bridgehead atoms. The van der Waals surface area contributed by atoms with Crippen LogP contribution in [0, 0.1) is 6.92 Å². The lowest BCUT2D eigenvalue weighted by Crippen LogP contribution is -2.29. The highest BCUT2D eigenvalue weighted by atomic mass is 32.2. The van der Waals surface area contributed by atoms with Crippen LogP contribution in [0.5, 0.6) is 11.5 Å². The van der Waals surface area contributed by atoms with Gasteiger partial charge in [0.25, 0.3) is 5.91 Å². The Hall–Kier alpha value is -2.58. The van der Waals surface area contributed by atoms with Gasteiger partial charge in [-0.15, -0.1) is 0 Å². The summed E-state index contributed by atoms with van der Waals surface area (Å²) in [5.74, 6) is 0.812. The van der Waals surface area contributed by atoms with Crippen LogP contribution in [-0.2, 0) is 4.79 Å². The Labute approximate surface area is 178 Å². The number of hydrogen-bond donors (Lipinski definition) is 1. The van der Waals surface area contributed by atoms with Gasteiger partial charge in [-0.2, -0.15) is 0 Å². The number of aliphatic imine (C=N–C) groups is 1. The van der Waals surface area contributed by atoms with E-state index in [-0.39, 0.29) is 11.7 Å². The van der Waals surface area contributed by atoms with Gasteiger partial charge >= 0.3 is 0 Å². The van der Waals surface area contributed by atoms with Crippen molar-refractivity contribution in [3.8, 4) is 11.5 Å². The standard InChI is InChI=1S/C21H21N3O3S2/c1-5-24-19(26)18(29-21(24)22-14-8-6-12(2)10-16(14)25)20-23(3)15-11-13(27-4)7-9-17(15)28-20/h6-11,25H,5H2,1-4H3. The van der Waals surface area contributed by atoms with E-state index in [1.54, 1.807) is 35.9 Å². The predicted molar refractivity (Wildman–Crippen MR) is 119 cm³/mol. The second-order valence-electron chi connectivity index (χ2n) is 6.67. The number of fused-ring (bicyclic) bond motifs is 1. The molecule has 1 saturated heterocycles. The fourth-order valence-corrected chi connectivity index (χ4v) is 5.56. The van der Waals surface area contributed by atoms with Gasteiger partial charge in [-0.1, -0.05) is 17.8 Å². The highest BCUT2D eigenvalue weighted by molar-refractivity contribution is 8.19. The van der Waals surface area contributed by atoms with E-state index in [2.05, 4.69) is 4.99 Å². The van der Waals surface area contributed by atoms with Crippen LogP contribution in [0.4, 0.5) is 11.4 Å². The zero-order valence-electron chi connectivity index (χ0n) is 16.6. The highest BCUT2D eigenvalue weighted by Gasteiger charge is 2.38. The van der Waals surface area contributed by atoms with Gasteiger partial charge in [-0.05, 0) is 55.4 Å². The van der Waals surface area contributed by atoms with Crippen molar-refractivity contribution in [2.45, 2.75) is 18.7 Å². The molecule has 1 amide bonds. The number of anilines is 1. The number of hydrogen-bond acceptors (Lipinski definition) is 7. The zero-order valence-corrected chi connectivity index (χ0v) is 18.2. The number of amides is 1. The molecule has 0 saturated carbocycles. The largest absolute Gasteiger partial charge is 0.506 e. The molecule has 0 spiro atoms. The quantitative estimate of drug-likeness (QED) is 0.716. The first-order chi connectivity index (χ1) is 13.9. The minimum absolute atomic E-state index is 0.0722. The minimum Gasteiger partial charge on any atom is -0.506 e. The van der Waals surface area contributed by atoms with Crippen LogP contribution in [0.2, 0.25) is 0 Å². The van der Waals surface area contributed by atoms with Gasteiger partial charge in [0, 0.05) is 24.6 Å². The van der Waals surface area contributed by atoms with Gasteiger partial charge in [0.15, 0.2) is 5.17 Å². The molecular formula is C21H21N3O3S2. The van der Waals surface area contributed by atoms with Crippen LogP contribution in [0.15, 0.2) is 56.2 Å². The third-order valence-corrected chi connectivity index (χ3v) is 7.19. The maximum absolute atomic E-state index is 13.1. The van der Waals surface area contributed by atoms with Crippen LogP contribution in [0.1, 0.15) is 12.5 Å². The van der Waals surface area contributed by atoms with E-state index in [0.717, 1.165) is 26.9 Å². The van der Waals surface area contributed by atoms with Crippen molar-refractivity contribution in [2.75, 3.05) is 25.6 Å². The maximum Gasteiger partial charge on any atom is 0.269 e. The van der Waals surface area contributed by atoms with Crippen molar-refractivity contribution in [2.24, 2.45) is 4.99 Å². The molecular weight excluding hydrogens is 406 g/mol. The summed E-state index contributed by atoms with van der Waals surface area (Å²) in [6, 6.07) is 11.2. The van der Waals surface area contributed by atoms with Gasteiger partial charge in [-0.3, -0.25) is 9.69 Å². The third-order valence-electron chi connectivity index (χ3n) is 4.76. The molecule has 2 aromatic rings.